The molecule has 0 aromatic carbocycles. The van der Waals surface area contributed by atoms with E-state index in [2.05, 4.69) is 0 Å². The molecule has 0 rings (SSSR count). The van der Waals surface area contributed by atoms with Gasteiger partial charge in [0, 0.05) is 13.2 Å². The molecule has 0 aliphatic carbocycles. The summed E-state index contributed by atoms with van der Waals surface area (Å²) in [4.78, 5) is 0. The molecule has 92 valence electrons. The zero-order valence-corrected chi connectivity index (χ0v) is 9.91. The van der Waals surface area contributed by atoms with Gasteiger partial charge in [0.1, 0.15) is 0 Å². The van der Waals surface area contributed by atoms with Crippen molar-refractivity contribution >= 4 is 0 Å². The third-order valence-corrected chi connectivity index (χ3v) is 2.75. The van der Waals surface area contributed by atoms with Crippen molar-refractivity contribution < 1.29 is 15.3 Å². The second-order valence-electron chi connectivity index (χ2n) is 4.57. The Bertz CT molecular complexity index is 135. The average molecular weight is 218 g/mol. The molecule has 3 N–H and O–H groups in total. The third kappa shape index (κ3) is 10.2. The monoisotopic (exact) mass is 218 g/mol. The first-order valence-electron chi connectivity index (χ1n) is 6.06. The standard InChI is InChI=1S/C12H26O3/c1-12(15,9-7-11-14)8-5-3-2-4-6-10-13/h13-15H,2-11H2,1H3. The normalized spacial score (nSPS) is 15.2. The van der Waals surface area contributed by atoms with E-state index in [0.29, 0.717) is 12.8 Å². The predicted molar refractivity (Wildman–Crippen MR) is 61.7 cm³/mol. The van der Waals surface area contributed by atoms with E-state index in [4.69, 9.17) is 10.2 Å². The number of aliphatic hydroxyl groups excluding tert-OH is 2. The van der Waals surface area contributed by atoms with Crippen molar-refractivity contribution in [3.63, 3.8) is 0 Å². The van der Waals surface area contributed by atoms with Crippen LogP contribution in [-0.4, -0.2) is 34.1 Å². The van der Waals surface area contributed by atoms with Gasteiger partial charge in [-0.1, -0.05) is 25.7 Å². The van der Waals surface area contributed by atoms with Crippen molar-refractivity contribution in [2.75, 3.05) is 13.2 Å². The molecule has 0 fully saturated rings. The Morgan fingerprint density at radius 3 is 1.80 bits per heavy atom. The highest BCUT2D eigenvalue weighted by Gasteiger charge is 2.18. The van der Waals surface area contributed by atoms with Crippen molar-refractivity contribution in [3.05, 3.63) is 0 Å². The second kappa shape index (κ2) is 9.13. The molecule has 0 saturated heterocycles. The Morgan fingerprint density at radius 1 is 0.733 bits per heavy atom. The van der Waals surface area contributed by atoms with Crippen molar-refractivity contribution in [2.45, 2.75) is 63.9 Å². The highest BCUT2D eigenvalue weighted by atomic mass is 16.3. The lowest BCUT2D eigenvalue weighted by Gasteiger charge is -2.22. The lowest BCUT2D eigenvalue weighted by Crippen LogP contribution is -2.24. The predicted octanol–water partition coefficient (Wildman–Crippen LogP) is 1.84. The highest BCUT2D eigenvalue weighted by molar-refractivity contribution is 4.71. The molecule has 0 spiro atoms. The molecule has 3 nitrogen and oxygen atoms in total. The van der Waals surface area contributed by atoms with Crippen LogP contribution in [0.15, 0.2) is 0 Å². The first-order chi connectivity index (χ1) is 7.12. The summed E-state index contributed by atoms with van der Waals surface area (Å²) in [6, 6.07) is 0. The van der Waals surface area contributed by atoms with Gasteiger partial charge in [-0.25, -0.2) is 0 Å². The minimum atomic E-state index is -0.611. The molecule has 0 amide bonds. The summed E-state index contributed by atoms with van der Waals surface area (Å²) in [7, 11) is 0. The number of hydrogen-bond acceptors (Lipinski definition) is 3. The maximum atomic E-state index is 9.90. The van der Waals surface area contributed by atoms with E-state index >= 15 is 0 Å². The Morgan fingerprint density at radius 2 is 1.20 bits per heavy atom. The lowest BCUT2D eigenvalue weighted by molar-refractivity contribution is 0.0326. The van der Waals surface area contributed by atoms with E-state index in [1.807, 2.05) is 6.92 Å². The Balaban J connectivity index is 3.32. The smallest absolute Gasteiger partial charge is 0.0620 e. The fraction of sp³-hybridized carbons (Fsp3) is 1.00. The summed E-state index contributed by atoms with van der Waals surface area (Å²) >= 11 is 0. The second-order valence-corrected chi connectivity index (χ2v) is 4.57. The van der Waals surface area contributed by atoms with Crippen LogP contribution >= 0.6 is 0 Å². The zero-order chi connectivity index (χ0) is 11.6. The Hall–Kier alpha value is -0.120. The largest absolute Gasteiger partial charge is 0.396 e. The van der Waals surface area contributed by atoms with E-state index < -0.39 is 5.60 Å². The molecule has 0 aliphatic heterocycles. The third-order valence-electron chi connectivity index (χ3n) is 2.75. The molecule has 1 unspecified atom stereocenters. The minimum absolute atomic E-state index is 0.159. The molecular weight excluding hydrogens is 192 g/mol. The van der Waals surface area contributed by atoms with Gasteiger partial charge in [-0.3, -0.25) is 0 Å². The molecule has 1 atom stereocenters. The van der Waals surface area contributed by atoms with E-state index in [9.17, 15) is 5.11 Å². The van der Waals surface area contributed by atoms with Crippen molar-refractivity contribution in [2.24, 2.45) is 0 Å². The molecular formula is C12H26O3. The van der Waals surface area contributed by atoms with Crippen LogP contribution in [0.3, 0.4) is 0 Å². The van der Waals surface area contributed by atoms with Gasteiger partial charge in [0.05, 0.1) is 5.60 Å². The topological polar surface area (TPSA) is 60.7 Å². The van der Waals surface area contributed by atoms with Crippen molar-refractivity contribution in [1.29, 1.82) is 0 Å². The van der Waals surface area contributed by atoms with Crippen LogP contribution < -0.4 is 0 Å². The van der Waals surface area contributed by atoms with Gasteiger partial charge >= 0.3 is 0 Å². The maximum absolute atomic E-state index is 9.90. The number of hydrogen-bond donors (Lipinski definition) is 3. The fourth-order valence-corrected chi connectivity index (χ4v) is 1.73. The molecule has 0 heterocycles. The van der Waals surface area contributed by atoms with Gasteiger partial charge in [-0.15, -0.1) is 0 Å². The lowest BCUT2D eigenvalue weighted by atomic mass is 9.93. The van der Waals surface area contributed by atoms with Gasteiger partial charge in [0.25, 0.3) is 0 Å². The SMILES string of the molecule is CC(O)(CCCO)CCCCCCCO. The van der Waals surface area contributed by atoms with Crippen LogP contribution in [0.4, 0.5) is 0 Å². The Kier molecular flexibility index (Phi) is 9.06. The summed E-state index contributed by atoms with van der Waals surface area (Å²) < 4.78 is 0. The first kappa shape index (κ1) is 14.9. The van der Waals surface area contributed by atoms with Gasteiger partial charge in [0.2, 0.25) is 0 Å². The van der Waals surface area contributed by atoms with Gasteiger partial charge in [-0.05, 0) is 32.6 Å². The minimum Gasteiger partial charge on any atom is -0.396 e. The summed E-state index contributed by atoms with van der Waals surface area (Å²) in [5.74, 6) is 0. The Labute approximate surface area is 93.1 Å². The number of aliphatic hydroxyl groups is 3. The van der Waals surface area contributed by atoms with Crippen LogP contribution in [-0.2, 0) is 0 Å². The average Bonchev–Trinajstić information content (AvgIpc) is 2.20. The number of unbranched alkanes of at least 4 members (excludes halogenated alkanes) is 4. The summed E-state index contributed by atoms with van der Waals surface area (Å²) in [6.07, 6.45) is 7.43. The van der Waals surface area contributed by atoms with Crippen LogP contribution in [0.5, 0.6) is 0 Å². The van der Waals surface area contributed by atoms with Crippen molar-refractivity contribution in [1.82, 2.24) is 0 Å². The molecule has 0 bridgehead atoms. The van der Waals surface area contributed by atoms with E-state index in [1.165, 1.54) is 0 Å². The van der Waals surface area contributed by atoms with Crippen LogP contribution in [0.1, 0.15) is 58.3 Å². The molecule has 3 heteroatoms. The van der Waals surface area contributed by atoms with Crippen LogP contribution in [0, 0.1) is 0 Å². The van der Waals surface area contributed by atoms with E-state index in [0.717, 1.165) is 38.5 Å². The van der Waals surface area contributed by atoms with E-state index in [1.54, 1.807) is 0 Å². The molecule has 0 aromatic heterocycles. The van der Waals surface area contributed by atoms with Crippen LogP contribution in [0.25, 0.3) is 0 Å². The fourth-order valence-electron chi connectivity index (χ4n) is 1.73. The molecule has 0 aromatic rings. The molecule has 0 saturated carbocycles. The molecule has 15 heavy (non-hydrogen) atoms. The van der Waals surface area contributed by atoms with E-state index in [-0.39, 0.29) is 13.2 Å². The molecule has 0 radical (unpaired) electrons. The van der Waals surface area contributed by atoms with Gasteiger partial charge in [0.15, 0.2) is 0 Å². The highest BCUT2D eigenvalue weighted by Crippen LogP contribution is 2.20. The maximum Gasteiger partial charge on any atom is 0.0620 e. The zero-order valence-electron chi connectivity index (χ0n) is 9.91. The first-order valence-corrected chi connectivity index (χ1v) is 6.06. The summed E-state index contributed by atoms with van der Waals surface area (Å²) in [5, 5.41) is 27.1. The van der Waals surface area contributed by atoms with Crippen LogP contribution in [0.2, 0.25) is 0 Å². The van der Waals surface area contributed by atoms with Crippen molar-refractivity contribution in [3.8, 4) is 0 Å². The van der Waals surface area contributed by atoms with Gasteiger partial charge in [-0.2, -0.15) is 0 Å². The van der Waals surface area contributed by atoms with Gasteiger partial charge < -0.3 is 15.3 Å². The summed E-state index contributed by atoms with van der Waals surface area (Å²) in [5.41, 5.74) is -0.611. The number of rotatable bonds is 10. The quantitative estimate of drug-likeness (QED) is 0.490. The summed E-state index contributed by atoms with van der Waals surface area (Å²) in [6.45, 7) is 2.29. The molecule has 0 aliphatic rings.